The van der Waals surface area contributed by atoms with Crippen LogP contribution >= 0.6 is 22.9 Å². The van der Waals surface area contributed by atoms with Crippen molar-refractivity contribution in [3.63, 3.8) is 0 Å². The van der Waals surface area contributed by atoms with Crippen molar-refractivity contribution < 1.29 is 14.7 Å². The van der Waals surface area contributed by atoms with Gasteiger partial charge in [-0.3, -0.25) is 14.5 Å². The van der Waals surface area contributed by atoms with Crippen LogP contribution in [0.15, 0.2) is 54.1 Å². The van der Waals surface area contributed by atoms with Crippen molar-refractivity contribution >= 4 is 45.5 Å². The van der Waals surface area contributed by atoms with Crippen LogP contribution < -0.4 is 4.90 Å². The number of aliphatic hydroxyl groups excluding tert-OH is 1. The second kappa shape index (κ2) is 7.42. The normalized spacial score (nSPS) is 18.4. The van der Waals surface area contributed by atoms with E-state index < -0.39 is 17.7 Å². The zero-order valence-electron chi connectivity index (χ0n) is 15.6. The van der Waals surface area contributed by atoms with Crippen LogP contribution in [0.1, 0.15) is 27.7 Å². The summed E-state index contributed by atoms with van der Waals surface area (Å²) in [5, 5.41) is 20.5. The summed E-state index contributed by atoms with van der Waals surface area (Å²) in [5.74, 6) is -1.75. The molecule has 3 aromatic rings. The fourth-order valence-corrected chi connectivity index (χ4v) is 4.08. The van der Waals surface area contributed by atoms with E-state index in [-0.39, 0.29) is 11.3 Å². The number of halogens is 1. The summed E-state index contributed by atoms with van der Waals surface area (Å²) in [7, 11) is 0. The Hall–Kier alpha value is -3.03. The van der Waals surface area contributed by atoms with Gasteiger partial charge < -0.3 is 5.11 Å². The highest BCUT2D eigenvalue weighted by molar-refractivity contribution is 7.15. The van der Waals surface area contributed by atoms with Gasteiger partial charge in [-0.05, 0) is 31.5 Å². The van der Waals surface area contributed by atoms with E-state index in [0.717, 1.165) is 5.56 Å². The van der Waals surface area contributed by atoms with E-state index in [4.69, 9.17) is 11.6 Å². The summed E-state index contributed by atoms with van der Waals surface area (Å²) in [6, 6.07) is 13.1. The number of Topliss-reactive ketones (excluding diaryl/α,β-unsaturated/α-hetero) is 1. The minimum atomic E-state index is -0.832. The third-order valence-corrected chi connectivity index (χ3v) is 5.77. The molecule has 2 heterocycles. The third-order valence-electron chi connectivity index (χ3n) is 4.68. The van der Waals surface area contributed by atoms with Gasteiger partial charge in [-0.2, -0.15) is 0 Å². The van der Waals surface area contributed by atoms with Crippen molar-refractivity contribution in [3.8, 4) is 0 Å². The maximum atomic E-state index is 12.9. The Morgan fingerprint density at radius 1 is 1.03 bits per heavy atom. The van der Waals surface area contributed by atoms with Gasteiger partial charge in [0, 0.05) is 10.6 Å². The van der Waals surface area contributed by atoms with E-state index in [1.54, 1.807) is 43.3 Å². The Balaban J connectivity index is 1.93. The van der Waals surface area contributed by atoms with Crippen molar-refractivity contribution in [2.75, 3.05) is 4.90 Å². The van der Waals surface area contributed by atoms with E-state index in [2.05, 4.69) is 10.2 Å². The smallest absolute Gasteiger partial charge is 0.301 e. The van der Waals surface area contributed by atoms with Gasteiger partial charge in [0.25, 0.3) is 5.78 Å². The molecule has 4 rings (SSSR count). The molecular formula is C21H16ClN3O3S. The fourth-order valence-electron chi connectivity index (χ4n) is 3.24. The number of hydrogen-bond acceptors (Lipinski definition) is 6. The van der Waals surface area contributed by atoms with Crippen molar-refractivity contribution in [2.45, 2.75) is 19.9 Å². The Morgan fingerprint density at radius 2 is 1.69 bits per heavy atom. The number of amides is 1. The molecule has 0 radical (unpaired) electrons. The molecule has 6 nitrogen and oxygen atoms in total. The first kappa shape index (κ1) is 19.3. The van der Waals surface area contributed by atoms with Crippen LogP contribution in [0.4, 0.5) is 5.13 Å². The lowest BCUT2D eigenvalue weighted by atomic mass is 9.95. The van der Waals surface area contributed by atoms with E-state index in [1.165, 1.54) is 16.2 Å². The molecule has 1 amide bonds. The van der Waals surface area contributed by atoms with Gasteiger partial charge in [-0.15, -0.1) is 10.2 Å². The highest BCUT2D eigenvalue weighted by Gasteiger charge is 2.48. The number of aromatic nitrogens is 2. The number of nitrogens with zero attached hydrogens (tertiary/aromatic N) is 3. The molecule has 0 saturated carbocycles. The molecule has 1 aliphatic heterocycles. The number of ketones is 1. The molecule has 2 aromatic carbocycles. The second-order valence-electron chi connectivity index (χ2n) is 6.69. The minimum absolute atomic E-state index is 0.00836. The Kier molecular flexibility index (Phi) is 4.94. The number of aryl methyl sites for hydroxylation is 2. The molecule has 1 fully saturated rings. The van der Waals surface area contributed by atoms with Gasteiger partial charge in [-0.1, -0.05) is 64.9 Å². The Bertz CT molecular complexity index is 1140. The molecule has 0 spiro atoms. The van der Waals surface area contributed by atoms with Gasteiger partial charge in [0.2, 0.25) is 5.13 Å². The molecule has 29 heavy (non-hydrogen) atoms. The predicted molar refractivity (Wildman–Crippen MR) is 112 cm³/mol. The van der Waals surface area contributed by atoms with Gasteiger partial charge >= 0.3 is 5.91 Å². The van der Waals surface area contributed by atoms with Crippen molar-refractivity contribution in [1.82, 2.24) is 10.2 Å². The van der Waals surface area contributed by atoms with Crippen molar-refractivity contribution in [3.05, 3.63) is 80.8 Å². The maximum Gasteiger partial charge on any atom is 0.301 e. The van der Waals surface area contributed by atoms with E-state index in [0.29, 0.717) is 26.3 Å². The van der Waals surface area contributed by atoms with Crippen molar-refractivity contribution in [1.29, 1.82) is 0 Å². The molecule has 1 N–H and O–H groups in total. The van der Waals surface area contributed by atoms with Crippen LogP contribution in [0.2, 0.25) is 5.02 Å². The number of carbonyl (C=O) groups excluding carboxylic acids is 2. The zero-order valence-corrected chi connectivity index (χ0v) is 17.2. The summed E-state index contributed by atoms with van der Waals surface area (Å²) in [5.41, 5.74) is 2.12. The quantitative estimate of drug-likeness (QED) is 0.381. The van der Waals surface area contributed by atoms with Gasteiger partial charge in [0.05, 0.1) is 11.6 Å². The first-order valence-electron chi connectivity index (χ1n) is 8.80. The summed E-state index contributed by atoms with van der Waals surface area (Å²) in [6.45, 7) is 3.69. The summed E-state index contributed by atoms with van der Waals surface area (Å²) in [4.78, 5) is 27.1. The number of anilines is 1. The van der Waals surface area contributed by atoms with Gasteiger partial charge in [-0.25, -0.2) is 0 Å². The lowest BCUT2D eigenvalue weighted by Gasteiger charge is -2.22. The van der Waals surface area contributed by atoms with Crippen molar-refractivity contribution in [2.24, 2.45) is 0 Å². The van der Waals surface area contributed by atoms with Gasteiger partial charge in [0.15, 0.2) is 0 Å². The Morgan fingerprint density at radius 3 is 2.28 bits per heavy atom. The lowest BCUT2D eigenvalue weighted by molar-refractivity contribution is -0.132. The van der Waals surface area contributed by atoms with E-state index in [1.807, 2.05) is 19.1 Å². The molecule has 8 heteroatoms. The predicted octanol–water partition coefficient (Wildman–Crippen LogP) is 4.43. The topological polar surface area (TPSA) is 83.4 Å². The molecule has 1 atom stereocenters. The summed E-state index contributed by atoms with van der Waals surface area (Å²) < 4.78 is 0. The molecule has 0 aliphatic carbocycles. The third kappa shape index (κ3) is 3.43. The van der Waals surface area contributed by atoms with Crippen LogP contribution in [0.5, 0.6) is 0 Å². The first-order chi connectivity index (χ1) is 13.9. The summed E-state index contributed by atoms with van der Waals surface area (Å²) >= 11 is 7.22. The molecule has 146 valence electrons. The molecule has 1 aromatic heterocycles. The fraction of sp³-hybridized carbons (Fsp3) is 0.143. The number of benzene rings is 2. The highest BCUT2D eigenvalue weighted by Crippen LogP contribution is 2.43. The maximum absolute atomic E-state index is 12.9. The first-order valence-corrected chi connectivity index (χ1v) is 10.00. The monoisotopic (exact) mass is 425 g/mol. The average molecular weight is 426 g/mol. The lowest BCUT2D eigenvalue weighted by Crippen LogP contribution is -2.29. The molecular weight excluding hydrogens is 410 g/mol. The minimum Gasteiger partial charge on any atom is -0.507 e. The second-order valence-corrected chi connectivity index (χ2v) is 8.29. The largest absolute Gasteiger partial charge is 0.507 e. The molecule has 0 unspecified atom stereocenters. The highest BCUT2D eigenvalue weighted by atomic mass is 35.5. The molecule has 0 bridgehead atoms. The molecule has 1 saturated heterocycles. The van der Waals surface area contributed by atoms with E-state index >= 15 is 0 Å². The molecule has 1 aliphatic rings. The SMILES string of the molecule is Cc1ccc(/C(O)=C2\C(=O)C(=O)N(c3nnc(C)s3)[C@@H]2c2ccc(Cl)cc2)cc1. The number of hydrogen-bond donors (Lipinski definition) is 1. The summed E-state index contributed by atoms with van der Waals surface area (Å²) in [6.07, 6.45) is 0. The van der Waals surface area contributed by atoms with Crippen LogP contribution in [-0.2, 0) is 9.59 Å². The average Bonchev–Trinajstić information content (AvgIpc) is 3.24. The number of aliphatic hydroxyl groups is 1. The van der Waals surface area contributed by atoms with E-state index in [9.17, 15) is 14.7 Å². The zero-order chi connectivity index (χ0) is 20.7. The van der Waals surface area contributed by atoms with Crippen LogP contribution in [0.3, 0.4) is 0 Å². The number of rotatable bonds is 3. The van der Waals surface area contributed by atoms with Crippen LogP contribution in [0.25, 0.3) is 5.76 Å². The van der Waals surface area contributed by atoms with Crippen LogP contribution in [0, 0.1) is 13.8 Å². The van der Waals surface area contributed by atoms with Gasteiger partial charge in [0.1, 0.15) is 10.8 Å². The Labute approximate surface area is 176 Å². The van der Waals surface area contributed by atoms with Crippen LogP contribution in [-0.4, -0.2) is 27.0 Å². The standard InChI is InChI=1S/C21H16ClN3O3S/c1-11-3-5-14(6-4-11)18(26)16-17(13-7-9-15(22)10-8-13)25(20(28)19(16)27)21-24-23-12(2)29-21/h3-10,17,26H,1-2H3/b18-16+/t17-/m1/s1. The number of carbonyl (C=O) groups is 2.